The molecule has 1 aromatic carbocycles. The molecule has 4 nitrogen and oxygen atoms in total. The standard InChI is InChI=1S/C17H20N2O2S/c1-10-8-15(12(3)22-10)11(2)18-17(20)19-14-4-5-16-13(9-14)6-7-21-16/h4-5,8-9,11H,6-7H2,1-3H3,(H2,18,19,20). The molecule has 1 atom stereocenters. The van der Waals surface area contributed by atoms with Crippen molar-refractivity contribution in [3.63, 3.8) is 0 Å². The maximum atomic E-state index is 12.2. The molecule has 1 unspecified atom stereocenters. The molecule has 116 valence electrons. The zero-order valence-electron chi connectivity index (χ0n) is 13.0. The van der Waals surface area contributed by atoms with Crippen LogP contribution in [0.15, 0.2) is 24.3 Å². The number of aryl methyl sites for hydroxylation is 2. The van der Waals surface area contributed by atoms with E-state index in [9.17, 15) is 4.79 Å². The molecule has 0 spiro atoms. The van der Waals surface area contributed by atoms with Crippen LogP contribution in [0.25, 0.3) is 0 Å². The molecule has 0 bridgehead atoms. The van der Waals surface area contributed by atoms with Gasteiger partial charge in [0, 0.05) is 21.9 Å². The number of nitrogens with one attached hydrogen (secondary N) is 2. The van der Waals surface area contributed by atoms with Crippen molar-refractivity contribution >= 4 is 23.1 Å². The summed E-state index contributed by atoms with van der Waals surface area (Å²) in [4.78, 5) is 14.7. The fraction of sp³-hybridized carbons (Fsp3) is 0.353. The average Bonchev–Trinajstić information content (AvgIpc) is 3.04. The van der Waals surface area contributed by atoms with Crippen LogP contribution in [-0.4, -0.2) is 12.6 Å². The SMILES string of the molecule is Cc1cc(C(C)NC(=O)Nc2ccc3c(c2)CCO3)c(C)s1. The Morgan fingerprint density at radius 1 is 1.32 bits per heavy atom. The number of hydrogen-bond donors (Lipinski definition) is 2. The molecule has 0 aliphatic carbocycles. The van der Waals surface area contributed by atoms with Gasteiger partial charge in [-0.15, -0.1) is 11.3 Å². The highest BCUT2D eigenvalue weighted by atomic mass is 32.1. The van der Waals surface area contributed by atoms with Crippen LogP contribution in [0.5, 0.6) is 5.75 Å². The first-order valence-electron chi connectivity index (χ1n) is 7.43. The first-order chi connectivity index (χ1) is 10.5. The van der Waals surface area contributed by atoms with E-state index in [4.69, 9.17) is 4.74 Å². The van der Waals surface area contributed by atoms with Crippen molar-refractivity contribution in [2.75, 3.05) is 11.9 Å². The second kappa shape index (κ2) is 6.01. The molecule has 0 fully saturated rings. The number of rotatable bonds is 3. The van der Waals surface area contributed by atoms with Crippen molar-refractivity contribution in [3.05, 3.63) is 45.1 Å². The zero-order valence-corrected chi connectivity index (χ0v) is 13.8. The summed E-state index contributed by atoms with van der Waals surface area (Å²) in [5.41, 5.74) is 3.13. The number of carbonyl (C=O) groups excluding carboxylic acids is 1. The third kappa shape index (κ3) is 3.09. The summed E-state index contributed by atoms with van der Waals surface area (Å²) in [5, 5.41) is 5.89. The van der Waals surface area contributed by atoms with Gasteiger partial charge in [-0.1, -0.05) is 0 Å². The topological polar surface area (TPSA) is 50.4 Å². The first kappa shape index (κ1) is 14.9. The number of thiophene rings is 1. The highest BCUT2D eigenvalue weighted by Crippen LogP contribution is 2.28. The number of ether oxygens (including phenoxy) is 1. The summed E-state index contributed by atoms with van der Waals surface area (Å²) in [6.07, 6.45) is 0.899. The lowest BCUT2D eigenvalue weighted by molar-refractivity contribution is 0.249. The van der Waals surface area contributed by atoms with E-state index >= 15 is 0 Å². The van der Waals surface area contributed by atoms with Gasteiger partial charge in [-0.2, -0.15) is 0 Å². The Kier molecular flexibility index (Phi) is 4.07. The second-order valence-corrected chi connectivity index (χ2v) is 7.07. The third-order valence-corrected chi connectivity index (χ3v) is 4.82. The van der Waals surface area contributed by atoms with Crippen molar-refractivity contribution in [2.45, 2.75) is 33.2 Å². The van der Waals surface area contributed by atoms with E-state index in [0.717, 1.165) is 30.0 Å². The minimum atomic E-state index is -0.186. The molecule has 0 saturated heterocycles. The van der Waals surface area contributed by atoms with Crippen molar-refractivity contribution in [1.29, 1.82) is 0 Å². The summed E-state index contributed by atoms with van der Waals surface area (Å²) in [5.74, 6) is 0.920. The summed E-state index contributed by atoms with van der Waals surface area (Å²) in [6, 6.07) is 7.70. The second-order valence-electron chi connectivity index (χ2n) is 5.61. The van der Waals surface area contributed by atoms with E-state index < -0.39 is 0 Å². The molecule has 3 rings (SSSR count). The Bertz CT molecular complexity index is 709. The van der Waals surface area contributed by atoms with Gasteiger partial charge in [-0.3, -0.25) is 0 Å². The van der Waals surface area contributed by atoms with Crippen LogP contribution in [0.2, 0.25) is 0 Å². The molecule has 2 amide bonds. The van der Waals surface area contributed by atoms with Gasteiger partial charge >= 0.3 is 6.03 Å². The number of hydrogen-bond acceptors (Lipinski definition) is 3. The highest BCUT2D eigenvalue weighted by molar-refractivity contribution is 7.12. The van der Waals surface area contributed by atoms with Gasteiger partial charge in [0.15, 0.2) is 0 Å². The van der Waals surface area contributed by atoms with Gasteiger partial charge in [0.1, 0.15) is 5.75 Å². The van der Waals surface area contributed by atoms with E-state index in [0.29, 0.717) is 0 Å². The third-order valence-electron chi connectivity index (χ3n) is 3.84. The number of urea groups is 1. The predicted octanol–water partition coefficient (Wildman–Crippen LogP) is 4.18. The fourth-order valence-corrected chi connectivity index (χ4v) is 3.81. The zero-order chi connectivity index (χ0) is 15.7. The van der Waals surface area contributed by atoms with E-state index in [2.05, 4.69) is 30.5 Å². The lowest BCUT2D eigenvalue weighted by atomic mass is 10.1. The molecule has 1 aliphatic heterocycles. The average molecular weight is 316 g/mol. The summed E-state index contributed by atoms with van der Waals surface area (Å²) >= 11 is 1.76. The molecule has 1 aliphatic rings. The van der Waals surface area contributed by atoms with Crippen LogP contribution in [-0.2, 0) is 6.42 Å². The number of benzene rings is 1. The van der Waals surface area contributed by atoms with Crippen LogP contribution in [0, 0.1) is 13.8 Å². The van der Waals surface area contributed by atoms with Crippen molar-refractivity contribution in [2.24, 2.45) is 0 Å². The van der Waals surface area contributed by atoms with Crippen molar-refractivity contribution in [3.8, 4) is 5.75 Å². The number of fused-ring (bicyclic) bond motifs is 1. The van der Waals surface area contributed by atoms with Gasteiger partial charge in [-0.05, 0) is 56.2 Å². The van der Waals surface area contributed by atoms with E-state index in [-0.39, 0.29) is 12.1 Å². The highest BCUT2D eigenvalue weighted by Gasteiger charge is 2.15. The smallest absolute Gasteiger partial charge is 0.319 e. The Morgan fingerprint density at radius 3 is 2.86 bits per heavy atom. The quantitative estimate of drug-likeness (QED) is 0.892. The Labute approximate surface area is 134 Å². The minimum Gasteiger partial charge on any atom is -0.493 e. The van der Waals surface area contributed by atoms with Gasteiger partial charge < -0.3 is 15.4 Å². The van der Waals surface area contributed by atoms with Crippen LogP contribution in [0.3, 0.4) is 0 Å². The number of carbonyl (C=O) groups is 1. The summed E-state index contributed by atoms with van der Waals surface area (Å²) in [6.45, 7) is 6.90. The maximum Gasteiger partial charge on any atom is 0.319 e. The van der Waals surface area contributed by atoms with E-state index in [1.807, 2.05) is 25.1 Å². The molecule has 0 saturated carbocycles. The van der Waals surface area contributed by atoms with Crippen molar-refractivity contribution in [1.82, 2.24) is 5.32 Å². The number of anilines is 1. The Hall–Kier alpha value is -2.01. The molecular formula is C17H20N2O2S. The van der Waals surface area contributed by atoms with E-state index in [1.165, 1.54) is 15.3 Å². The molecule has 5 heteroatoms. The van der Waals surface area contributed by atoms with Gasteiger partial charge in [0.25, 0.3) is 0 Å². The Balaban J connectivity index is 1.64. The van der Waals surface area contributed by atoms with Crippen LogP contribution in [0.4, 0.5) is 10.5 Å². The molecule has 0 radical (unpaired) electrons. The van der Waals surface area contributed by atoms with Crippen LogP contribution < -0.4 is 15.4 Å². The fourth-order valence-electron chi connectivity index (χ4n) is 2.79. The number of amides is 2. The molecule has 1 aromatic heterocycles. The lowest BCUT2D eigenvalue weighted by Gasteiger charge is -2.15. The van der Waals surface area contributed by atoms with Gasteiger partial charge in [0.05, 0.1) is 12.6 Å². The van der Waals surface area contributed by atoms with Gasteiger partial charge in [0.2, 0.25) is 0 Å². The van der Waals surface area contributed by atoms with Crippen LogP contribution in [0.1, 0.15) is 33.8 Å². The van der Waals surface area contributed by atoms with Gasteiger partial charge in [-0.25, -0.2) is 4.79 Å². The molecular weight excluding hydrogens is 296 g/mol. The molecule has 2 aromatic rings. The normalized spacial score (nSPS) is 14.1. The van der Waals surface area contributed by atoms with Crippen molar-refractivity contribution < 1.29 is 9.53 Å². The minimum absolute atomic E-state index is 0.0114. The molecule has 22 heavy (non-hydrogen) atoms. The predicted molar refractivity (Wildman–Crippen MR) is 90.0 cm³/mol. The maximum absolute atomic E-state index is 12.2. The largest absolute Gasteiger partial charge is 0.493 e. The monoisotopic (exact) mass is 316 g/mol. The lowest BCUT2D eigenvalue weighted by Crippen LogP contribution is -2.31. The molecule has 2 N–H and O–H groups in total. The van der Waals surface area contributed by atoms with Crippen LogP contribution >= 0.6 is 11.3 Å². The van der Waals surface area contributed by atoms with E-state index in [1.54, 1.807) is 11.3 Å². The summed E-state index contributed by atoms with van der Waals surface area (Å²) < 4.78 is 5.47. The first-order valence-corrected chi connectivity index (χ1v) is 8.25. The Morgan fingerprint density at radius 2 is 2.14 bits per heavy atom. The summed E-state index contributed by atoms with van der Waals surface area (Å²) in [7, 11) is 0. The molecule has 2 heterocycles.